The number of benzene rings is 1. The van der Waals surface area contributed by atoms with Crippen LogP contribution in [-0.2, 0) is 6.54 Å². The van der Waals surface area contributed by atoms with Gasteiger partial charge >= 0.3 is 0 Å². The molecule has 118 valence electrons. The summed E-state index contributed by atoms with van der Waals surface area (Å²) in [6.45, 7) is 7.48. The molecule has 0 aliphatic carbocycles. The Balaban J connectivity index is 1.67. The molecular formula is C18H29NOS. The van der Waals surface area contributed by atoms with Crippen molar-refractivity contribution < 1.29 is 4.74 Å². The summed E-state index contributed by atoms with van der Waals surface area (Å²) in [6, 6.07) is 8.53. The average Bonchev–Trinajstić information content (AvgIpc) is 2.92. The summed E-state index contributed by atoms with van der Waals surface area (Å²) in [5.41, 5.74) is 1.34. The zero-order chi connectivity index (χ0) is 15.0. The molecule has 2 nitrogen and oxygen atoms in total. The first kappa shape index (κ1) is 16.7. The van der Waals surface area contributed by atoms with Gasteiger partial charge in [0.05, 0.1) is 6.61 Å². The standard InChI is InChI=1S/C18H29NOS/c1-3-4-5-12-20-17-9-7-16(8-10-17)14-19-15-18(2)11-6-13-21-18/h7-10,19H,3-6,11-15H2,1-2H3. The molecule has 1 heterocycles. The van der Waals surface area contributed by atoms with Crippen LogP contribution in [0.2, 0.25) is 0 Å². The molecule has 0 aromatic heterocycles. The minimum atomic E-state index is 0.447. The normalized spacial score (nSPS) is 21.6. The molecule has 1 saturated heterocycles. The van der Waals surface area contributed by atoms with Crippen LogP contribution in [-0.4, -0.2) is 23.7 Å². The lowest BCUT2D eigenvalue weighted by molar-refractivity contribution is 0.306. The predicted molar refractivity (Wildman–Crippen MR) is 93.3 cm³/mol. The van der Waals surface area contributed by atoms with Gasteiger partial charge in [0.15, 0.2) is 0 Å². The monoisotopic (exact) mass is 307 g/mol. The van der Waals surface area contributed by atoms with Crippen molar-refractivity contribution in [2.24, 2.45) is 0 Å². The highest BCUT2D eigenvalue weighted by molar-refractivity contribution is 8.00. The zero-order valence-corrected chi connectivity index (χ0v) is 14.3. The van der Waals surface area contributed by atoms with E-state index in [4.69, 9.17) is 4.74 Å². The Labute approximate surface area is 134 Å². The van der Waals surface area contributed by atoms with Crippen molar-refractivity contribution in [3.05, 3.63) is 29.8 Å². The molecule has 0 amide bonds. The van der Waals surface area contributed by atoms with Gasteiger partial charge in [-0.15, -0.1) is 0 Å². The highest BCUT2D eigenvalue weighted by Gasteiger charge is 2.28. The van der Waals surface area contributed by atoms with Crippen LogP contribution in [0.1, 0.15) is 51.5 Å². The molecule has 1 aliphatic rings. The van der Waals surface area contributed by atoms with Gasteiger partial charge in [-0.1, -0.05) is 31.9 Å². The van der Waals surface area contributed by atoms with Crippen LogP contribution in [0, 0.1) is 0 Å². The molecule has 1 atom stereocenters. The maximum Gasteiger partial charge on any atom is 0.119 e. The van der Waals surface area contributed by atoms with Gasteiger partial charge in [-0.2, -0.15) is 11.8 Å². The Morgan fingerprint density at radius 1 is 1.24 bits per heavy atom. The van der Waals surface area contributed by atoms with Crippen LogP contribution in [0.25, 0.3) is 0 Å². The van der Waals surface area contributed by atoms with Gasteiger partial charge in [0, 0.05) is 17.8 Å². The Kier molecular flexibility index (Phi) is 6.91. The quantitative estimate of drug-likeness (QED) is 0.672. The van der Waals surface area contributed by atoms with Gasteiger partial charge in [-0.3, -0.25) is 0 Å². The highest BCUT2D eigenvalue weighted by Crippen LogP contribution is 2.36. The van der Waals surface area contributed by atoms with Crippen LogP contribution in [0.4, 0.5) is 0 Å². The van der Waals surface area contributed by atoms with E-state index in [2.05, 4.69) is 55.2 Å². The molecule has 1 N–H and O–H groups in total. The maximum absolute atomic E-state index is 5.74. The molecule has 21 heavy (non-hydrogen) atoms. The summed E-state index contributed by atoms with van der Waals surface area (Å²) < 4.78 is 6.19. The lowest BCUT2D eigenvalue weighted by atomic mass is 10.1. The summed E-state index contributed by atoms with van der Waals surface area (Å²) in [5.74, 6) is 2.32. The van der Waals surface area contributed by atoms with Gasteiger partial charge in [0.1, 0.15) is 5.75 Å². The first-order valence-corrected chi connectivity index (χ1v) is 9.27. The van der Waals surface area contributed by atoms with Crippen LogP contribution >= 0.6 is 11.8 Å². The van der Waals surface area contributed by atoms with E-state index in [-0.39, 0.29) is 0 Å². The first-order chi connectivity index (χ1) is 10.2. The number of ether oxygens (including phenoxy) is 1. The van der Waals surface area contributed by atoms with Gasteiger partial charge in [0.25, 0.3) is 0 Å². The van der Waals surface area contributed by atoms with Crippen LogP contribution < -0.4 is 10.1 Å². The Morgan fingerprint density at radius 3 is 2.71 bits per heavy atom. The third-order valence-electron chi connectivity index (χ3n) is 4.07. The smallest absolute Gasteiger partial charge is 0.119 e. The van der Waals surface area contributed by atoms with Crippen molar-refractivity contribution in [2.75, 3.05) is 18.9 Å². The van der Waals surface area contributed by atoms with Crippen molar-refractivity contribution in [2.45, 2.75) is 57.2 Å². The number of thioether (sulfide) groups is 1. The van der Waals surface area contributed by atoms with Gasteiger partial charge < -0.3 is 10.1 Å². The molecule has 0 radical (unpaired) electrons. The molecule has 1 aliphatic heterocycles. The Hall–Kier alpha value is -0.670. The maximum atomic E-state index is 5.74. The molecule has 1 unspecified atom stereocenters. The van der Waals surface area contributed by atoms with E-state index in [1.165, 1.54) is 37.0 Å². The fourth-order valence-corrected chi connectivity index (χ4v) is 3.97. The van der Waals surface area contributed by atoms with E-state index in [9.17, 15) is 0 Å². The van der Waals surface area contributed by atoms with Gasteiger partial charge in [0.2, 0.25) is 0 Å². The van der Waals surface area contributed by atoms with Crippen molar-refractivity contribution in [3.63, 3.8) is 0 Å². The first-order valence-electron chi connectivity index (χ1n) is 8.28. The highest BCUT2D eigenvalue weighted by atomic mass is 32.2. The molecule has 1 fully saturated rings. The Bertz CT molecular complexity index is 398. The van der Waals surface area contributed by atoms with Crippen LogP contribution in [0.3, 0.4) is 0 Å². The van der Waals surface area contributed by atoms with Crippen molar-refractivity contribution in [1.29, 1.82) is 0 Å². The zero-order valence-electron chi connectivity index (χ0n) is 13.5. The molecule has 1 aromatic carbocycles. The molecule has 2 rings (SSSR count). The molecule has 0 spiro atoms. The second-order valence-electron chi connectivity index (χ2n) is 6.20. The second-order valence-corrected chi connectivity index (χ2v) is 7.89. The lowest BCUT2D eigenvalue weighted by Gasteiger charge is -2.23. The predicted octanol–water partition coefficient (Wildman–Crippen LogP) is 4.63. The third-order valence-corrected chi connectivity index (χ3v) is 5.61. The van der Waals surface area contributed by atoms with Crippen LogP contribution in [0.15, 0.2) is 24.3 Å². The average molecular weight is 308 g/mol. The fourth-order valence-electron chi connectivity index (χ4n) is 2.69. The SMILES string of the molecule is CCCCCOc1ccc(CNCC2(C)CCCS2)cc1. The summed E-state index contributed by atoms with van der Waals surface area (Å²) >= 11 is 2.11. The Morgan fingerprint density at radius 2 is 2.05 bits per heavy atom. The summed E-state index contributed by atoms with van der Waals surface area (Å²) in [5, 5.41) is 3.60. The molecule has 3 heteroatoms. The van der Waals surface area contributed by atoms with Gasteiger partial charge in [-0.25, -0.2) is 0 Å². The molecule has 0 saturated carbocycles. The van der Waals surface area contributed by atoms with Gasteiger partial charge in [-0.05, 0) is 49.6 Å². The van der Waals surface area contributed by atoms with E-state index in [0.717, 1.165) is 31.9 Å². The summed E-state index contributed by atoms with van der Waals surface area (Å²) in [4.78, 5) is 0. The number of unbranched alkanes of at least 4 members (excludes halogenated alkanes) is 2. The fraction of sp³-hybridized carbons (Fsp3) is 0.667. The molecule has 1 aromatic rings. The number of hydrogen-bond acceptors (Lipinski definition) is 3. The summed E-state index contributed by atoms with van der Waals surface area (Å²) in [6.07, 6.45) is 6.35. The minimum Gasteiger partial charge on any atom is -0.494 e. The van der Waals surface area contributed by atoms with E-state index in [1.807, 2.05) is 0 Å². The number of hydrogen-bond donors (Lipinski definition) is 1. The van der Waals surface area contributed by atoms with Crippen molar-refractivity contribution in [1.82, 2.24) is 5.32 Å². The number of rotatable bonds is 9. The molecule has 0 bridgehead atoms. The third kappa shape index (κ3) is 5.91. The number of nitrogens with one attached hydrogen (secondary N) is 1. The lowest BCUT2D eigenvalue weighted by Crippen LogP contribution is -2.32. The van der Waals surface area contributed by atoms with Crippen molar-refractivity contribution in [3.8, 4) is 5.75 Å². The minimum absolute atomic E-state index is 0.447. The van der Waals surface area contributed by atoms with E-state index < -0.39 is 0 Å². The molecular weight excluding hydrogens is 278 g/mol. The second kappa shape index (κ2) is 8.70. The summed E-state index contributed by atoms with van der Waals surface area (Å²) in [7, 11) is 0. The van der Waals surface area contributed by atoms with E-state index in [0.29, 0.717) is 4.75 Å². The van der Waals surface area contributed by atoms with Crippen molar-refractivity contribution >= 4 is 11.8 Å². The van der Waals surface area contributed by atoms with E-state index in [1.54, 1.807) is 0 Å². The largest absolute Gasteiger partial charge is 0.494 e. The van der Waals surface area contributed by atoms with Crippen LogP contribution in [0.5, 0.6) is 5.75 Å². The topological polar surface area (TPSA) is 21.3 Å². The van der Waals surface area contributed by atoms with E-state index >= 15 is 0 Å².